The van der Waals surface area contributed by atoms with Gasteiger partial charge in [0.15, 0.2) is 0 Å². The third kappa shape index (κ3) is 14.1. The summed E-state index contributed by atoms with van der Waals surface area (Å²) in [6.07, 6.45) is 2.27. The molecule has 0 saturated carbocycles. The number of rotatable bonds is 14. The van der Waals surface area contributed by atoms with Gasteiger partial charge >= 0.3 is 0 Å². The first-order valence-corrected chi connectivity index (χ1v) is 18.6. The Hall–Kier alpha value is -4.74. The maximum absolute atomic E-state index is 13.9. The van der Waals surface area contributed by atoms with Gasteiger partial charge in [0.05, 0.1) is 6.42 Å². The summed E-state index contributed by atoms with van der Waals surface area (Å²) in [6.45, 7) is 11.7. The van der Waals surface area contributed by atoms with Gasteiger partial charge in [-0.2, -0.15) is 0 Å². The van der Waals surface area contributed by atoms with Gasteiger partial charge in [0.2, 0.25) is 35.4 Å². The molecule has 1 heterocycles. The predicted octanol–water partition coefficient (Wildman–Crippen LogP) is 2.94. The number of carbonyl (C=O) groups is 6. The van der Waals surface area contributed by atoms with Crippen LogP contribution in [0, 0.1) is 17.8 Å². The van der Waals surface area contributed by atoms with E-state index >= 15 is 0 Å². The molecule has 12 nitrogen and oxygen atoms in total. The summed E-state index contributed by atoms with van der Waals surface area (Å²) in [6, 6.07) is 13.6. The van der Waals surface area contributed by atoms with E-state index in [1.165, 1.54) is 0 Å². The zero-order valence-corrected chi connectivity index (χ0v) is 31.5. The SMILES string of the molecule is CC(C)C[C@@H]1NC(=O)[C@H](Cc2ccccc2)NC(=O)[C@H](CC(C)C)NC(=O)[C@@H](C(C)C)NC(=O)[C@H](CCCCNC(=O)Cc2ccccc2)NC1=O. The van der Waals surface area contributed by atoms with Crippen LogP contribution in [0.25, 0.3) is 0 Å². The van der Waals surface area contributed by atoms with Gasteiger partial charge in [-0.15, -0.1) is 0 Å². The third-order valence-electron chi connectivity index (χ3n) is 8.92. The lowest BCUT2D eigenvalue weighted by atomic mass is 9.98. The molecule has 52 heavy (non-hydrogen) atoms. The van der Waals surface area contributed by atoms with Crippen LogP contribution < -0.4 is 31.9 Å². The molecule has 1 saturated heterocycles. The van der Waals surface area contributed by atoms with Gasteiger partial charge in [0.25, 0.3) is 0 Å². The van der Waals surface area contributed by atoms with Crippen LogP contribution in [0.2, 0.25) is 0 Å². The number of carbonyl (C=O) groups excluding carboxylic acids is 6. The van der Waals surface area contributed by atoms with E-state index in [0.717, 1.165) is 11.1 Å². The molecule has 0 unspecified atom stereocenters. The Kier molecular flexibility index (Phi) is 16.8. The van der Waals surface area contributed by atoms with Crippen LogP contribution in [-0.4, -0.2) is 72.2 Å². The standard InChI is InChI=1S/C40H58N6O6/c1-25(2)21-31-37(49)42-30(19-13-14-20-41-34(47)24-29-17-11-8-12-18-29)36(48)46-35(27(5)6)40(52)45-32(22-26(3)4)38(50)44-33(39(51)43-31)23-28-15-9-7-10-16-28/h7-12,15-18,25-27,30-33,35H,13-14,19-24H2,1-6H3,(H,41,47)(H,42,49)(H,43,51)(H,44,50)(H,45,52)(H,46,48)/t30-,31-,32-,33-,35+/m0/s1. The molecule has 6 N–H and O–H groups in total. The van der Waals surface area contributed by atoms with Crippen LogP contribution in [-0.2, 0) is 41.6 Å². The Labute approximate surface area is 308 Å². The molecule has 1 aliphatic heterocycles. The van der Waals surface area contributed by atoms with E-state index in [1.54, 1.807) is 13.8 Å². The van der Waals surface area contributed by atoms with Crippen LogP contribution in [0.5, 0.6) is 0 Å². The first-order valence-electron chi connectivity index (χ1n) is 18.6. The molecule has 284 valence electrons. The Bertz CT molecular complexity index is 1480. The highest BCUT2D eigenvalue weighted by Gasteiger charge is 2.35. The second-order valence-corrected chi connectivity index (χ2v) is 14.9. The number of nitrogens with one attached hydrogen (secondary N) is 6. The molecule has 1 aliphatic rings. The van der Waals surface area contributed by atoms with Crippen molar-refractivity contribution in [3.63, 3.8) is 0 Å². The Morgan fingerprint density at radius 3 is 1.58 bits per heavy atom. The van der Waals surface area contributed by atoms with Crippen LogP contribution in [0.3, 0.4) is 0 Å². The minimum Gasteiger partial charge on any atom is -0.356 e. The number of benzene rings is 2. The molecule has 5 atom stereocenters. The molecular weight excluding hydrogens is 660 g/mol. The zero-order valence-electron chi connectivity index (χ0n) is 31.5. The first-order chi connectivity index (χ1) is 24.7. The van der Waals surface area contributed by atoms with E-state index < -0.39 is 59.7 Å². The van der Waals surface area contributed by atoms with Crippen molar-refractivity contribution in [2.24, 2.45) is 17.8 Å². The summed E-state index contributed by atoms with van der Waals surface area (Å²) in [7, 11) is 0. The van der Waals surface area contributed by atoms with E-state index in [1.807, 2.05) is 88.4 Å². The summed E-state index contributed by atoms with van der Waals surface area (Å²) in [5, 5.41) is 17.2. The predicted molar refractivity (Wildman–Crippen MR) is 201 cm³/mol. The quantitative estimate of drug-likeness (QED) is 0.164. The van der Waals surface area contributed by atoms with Crippen LogP contribution in [0.1, 0.15) is 84.8 Å². The van der Waals surface area contributed by atoms with Crippen molar-refractivity contribution in [1.29, 1.82) is 0 Å². The fourth-order valence-corrected chi connectivity index (χ4v) is 6.15. The average molecular weight is 719 g/mol. The average Bonchev–Trinajstić information content (AvgIpc) is 3.08. The van der Waals surface area contributed by atoms with Crippen LogP contribution >= 0.6 is 0 Å². The molecule has 6 amide bonds. The molecule has 0 spiro atoms. The van der Waals surface area contributed by atoms with E-state index in [2.05, 4.69) is 31.9 Å². The van der Waals surface area contributed by atoms with Crippen molar-refractivity contribution in [2.75, 3.05) is 6.54 Å². The van der Waals surface area contributed by atoms with Gasteiger partial charge in [-0.05, 0) is 61.0 Å². The minimum atomic E-state index is -1.04. The summed E-state index contributed by atoms with van der Waals surface area (Å²) in [4.78, 5) is 81.7. The van der Waals surface area contributed by atoms with Crippen molar-refractivity contribution >= 4 is 35.4 Å². The maximum Gasteiger partial charge on any atom is 0.243 e. The second-order valence-electron chi connectivity index (χ2n) is 14.9. The van der Waals surface area contributed by atoms with E-state index in [4.69, 9.17) is 0 Å². The second kappa shape index (κ2) is 20.9. The summed E-state index contributed by atoms with van der Waals surface area (Å²) < 4.78 is 0. The number of hydrogen-bond donors (Lipinski definition) is 6. The fraction of sp³-hybridized carbons (Fsp3) is 0.550. The minimum absolute atomic E-state index is 0.00892. The van der Waals surface area contributed by atoms with Gasteiger partial charge in [0.1, 0.15) is 30.2 Å². The Balaban J connectivity index is 1.88. The smallest absolute Gasteiger partial charge is 0.243 e. The van der Waals surface area contributed by atoms with Crippen molar-refractivity contribution < 1.29 is 28.8 Å². The first kappa shape index (κ1) is 41.7. The van der Waals surface area contributed by atoms with Crippen molar-refractivity contribution in [1.82, 2.24) is 31.9 Å². The summed E-state index contributed by atoms with van der Waals surface area (Å²) in [5.74, 6) is -3.12. The van der Waals surface area contributed by atoms with Crippen molar-refractivity contribution in [2.45, 2.75) is 117 Å². The largest absolute Gasteiger partial charge is 0.356 e. The Morgan fingerprint density at radius 2 is 1.04 bits per heavy atom. The topological polar surface area (TPSA) is 175 Å². The molecule has 0 bridgehead atoms. The summed E-state index contributed by atoms with van der Waals surface area (Å²) >= 11 is 0. The molecule has 3 rings (SSSR count). The van der Waals surface area contributed by atoms with Gasteiger partial charge in [-0.1, -0.05) is 102 Å². The van der Waals surface area contributed by atoms with Crippen LogP contribution in [0.4, 0.5) is 0 Å². The molecule has 1 fully saturated rings. The highest BCUT2D eigenvalue weighted by atomic mass is 16.2. The third-order valence-corrected chi connectivity index (χ3v) is 8.92. The zero-order chi connectivity index (χ0) is 38.2. The number of hydrogen-bond acceptors (Lipinski definition) is 6. The fourth-order valence-electron chi connectivity index (χ4n) is 6.15. The van der Waals surface area contributed by atoms with Gasteiger partial charge in [-0.25, -0.2) is 0 Å². The lowest BCUT2D eigenvalue weighted by molar-refractivity contribution is -0.135. The van der Waals surface area contributed by atoms with Crippen molar-refractivity contribution in [3.8, 4) is 0 Å². The molecule has 2 aromatic carbocycles. The van der Waals surface area contributed by atoms with E-state index in [0.29, 0.717) is 25.8 Å². The lowest BCUT2D eigenvalue weighted by Gasteiger charge is -2.28. The molecule has 0 radical (unpaired) electrons. The van der Waals surface area contributed by atoms with Gasteiger partial charge in [0, 0.05) is 13.0 Å². The van der Waals surface area contributed by atoms with Gasteiger partial charge < -0.3 is 31.9 Å². The van der Waals surface area contributed by atoms with E-state index in [9.17, 15) is 28.8 Å². The number of unbranched alkanes of at least 4 members (excludes halogenated alkanes) is 1. The molecular formula is C40H58N6O6. The number of amides is 6. The van der Waals surface area contributed by atoms with Crippen LogP contribution in [0.15, 0.2) is 60.7 Å². The highest BCUT2D eigenvalue weighted by molar-refractivity contribution is 5.98. The molecule has 2 aromatic rings. The Morgan fingerprint density at radius 1 is 0.577 bits per heavy atom. The highest BCUT2D eigenvalue weighted by Crippen LogP contribution is 2.13. The molecule has 0 aromatic heterocycles. The monoisotopic (exact) mass is 718 g/mol. The summed E-state index contributed by atoms with van der Waals surface area (Å²) in [5.41, 5.74) is 1.71. The van der Waals surface area contributed by atoms with Crippen molar-refractivity contribution in [3.05, 3.63) is 71.8 Å². The van der Waals surface area contributed by atoms with E-state index in [-0.39, 0.29) is 49.3 Å². The maximum atomic E-state index is 13.9. The lowest BCUT2D eigenvalue weighted by Crippen LogP contribution is -2.59. The normalized spacial score (nSPS) is 22.1. The molecule has 0 aliphatic carbocycles. The molecule has 12 heteroatoms. The van der Waals surface area contributed by atoms with Gasteiger partial charge in [-0.3, -0.25) is 28.8 Å².